The maximum absolute atomic E-state index is 11.4. The number of carbonyl (C=O) groups is 1. The van der Waals surface area contributed by atoms with E-state index in [1.54, 1.807) is 11.8 Å². The molecule has 0 aromatic rings. The molecular formula is C10H15NO2. The number of likely N-dealkylation sites (tertiary alicyclic amines) is 1. The molecule has 1 amide bonds. The second kappa shape index (κ2) is 4.29. The summed E-state index contributed by atoms with van der Waals surface area (Å²) < 4.78 is 0. The fourth-order valence-corrected chi connectivity index (χ4v) is 1.55. The second-order valence-corrected chi connectivity index (χ2v) is 3.41. The van der Waals surface area contributed by atoms with Gasteiger partial charge in [0.15, 0.2) is 0 Å². The van der Waals surface area contributed by atoms with Crippen LogP contribution in [0.15, 0.2) is 0 Å². The lowest BCUT2D eigenvalue weighted by Crippen LogP contribution is -2.46. The summed E-state index contributed by atoms with van der Waals surface area (Å²) in [6, 6.07) is 0.205. The normalized spacial score (nSPS) is 27.8. The van der Waals surface area contributed by atoms with Crippen LogP contribution >= 0.6 is 0 Å². The van der Waals surface area contributed by atoms with Gasteiger partial charge >= 0.3 is 0 Å². The molecule has 0 saturated carbocycles. The fraction of sp³-hybridized carbons (Fsp3) is 0.700. The van der Waals surface area contributed by atoms with Crippen LogP contribution in [0.25, 0.3) is 0 Å². The van der Waals surface area contributed by atoms with Crippen LogP contribution in [-0.2, 0) is 4.79 Å². The van der Waals surface area contributed by atoms with Crippen molar-refractivity contribution < 1.29 is 9.90 Å². The van der Waals surface area contributed by atoms with Gasteiger partial charge in [-0.2, -0.15) is 0 Å². The minimum Gasteiger partial charge on any atom is -0.391 e. The molecule has 1 aliphatic rings. The first-order valence-electron chi connectivity index (χ1n) is 4.56. The third-order valence-corrected chi connectivity index (χ3v) is 2.35. The Bertz CT molecular complexity index is 251. The van der Waals surface area contributed by atoms with Gasteiger partial charge in [0.1, 0.15) is 0 Å². The molecular weight excluding hydrogens is 166 g/mol. The summed E-state index contributed by atoms with van der Waals surface area (Å²) in [5.74, 6) is 4.90. The number of aliphatic hydroxyl groups excluding tert-OH is 1. The van der Waals surface area contributed by atoms with Crippen LogP contribution in [0.1, 0.15) is 26.7 Å². The average molecular weight is 181 g/mol. The van der Waals surface area contributed by atoms with E-state index in [2.05, 4.69) is 11.8 Å². The summed E-state index contributed by atoms with van der Waals surface area (Å²) >= 11 is 0. The first-order chi connectivity index (χ1) is 6.15. The van der Waals surface area contributed by atoms with Crippen molar-refractivity contribution in [3.8, 4) is 11.8 Å². The summed E-state index contributed by atoms with van der Waals surface area (Å²) in [4.78, 5) is 13.0. The maximum atomic E-state index is 11.4. The molecule has 1 heterocycles. The minimum absolute atomic E-state index is 0.172. The highest BCUT2D eigenvalue weighted by Gasteiger charge is 2.26. The van der Waals surface area contributed by atoms with Gasteiger partial charge in [-0.15, -0.1) is 0 Å². The van der Waals surface area contributed by atoms with Crippen molar-refractivity contribution in [1.82, 2.24) is 4.90 Å². The van der Waals surface area contributed by atoms with E-state index in [1.807, 2.05) is 6.92 Å². The molecule has 0 aromatic carbocycles. The van der Waals surface area contributed by atoms with Crippen LogP contribution < -0.4 is 0 Å². The first-order valence-corrected chi connectivity index (χ1v) is 4.56. The zero-order valence-corrected chi connectivity index (χ0v) is 8.08. The molecule has 0 radical (unpaired) electrons. The highest BCUT2D eigenvalue weighted by Crippen LogP contribution is 2.16. The van der Waals surface area contributed by atoms with Gasteiger partial charge in [-0.25, -0.2) is 0 Å². The molecule has 0 spiro atoms. The first kappa shape index (κ1) is 10.1. The quantitative estimate of drug-likeness (QED) is 0.549. The summed E-state index contributed by atoms with van der Waals surface area (Å²) in [6.07, 6.45) is 1.27. The lowest BCUT2D eigenvalue weighted by molar-refractivity contribution is -0.130. The van der Waals surface area contributed by atoms with Crippen molar-refractivity contribution in [1.29, 1.82) is 0 Å². The average Bonchev–Trinajstić information content (AvgIpc) is 2.09. The third-order valence-electron chi connectivity index (χ3n) is 2.35. The predicted molar refractivity (Wildman–Crippen MR) is 49.9 cm³/mol. The molecule has 3 heteroatoms. The molecule has 1 N–H and O–H groups in total. The van der Waals surface area contributed by atoms with E-state index in [-0.39, 0.29) is 18.1 Å². The van der Waals surface area contributed by atoms with Gasteiger partial charge in [-0.05, 0) is 32.6 Å². The number of hydrogen-bond donors (Lipinski definition) is 1. The van der Waals surface area contributed by atoms with Gasteiger partial charge in [-0.3, -0.25) is 4.79 Å². The van der Waals surface area contributed by atoms with Crippen molar-refractivity contribution in [3.05, 3.63) is 0 Å². The zero-order chi connectivity index (χ0) is 9.84. The number of amides is 1. The molecule has 1 rings (SSSR count). The van der Waals surface area contributed by atoms with Gasteiger partial charge < -0.3 is 10.0 Å². The molecule has 0 bridgehead atoms. The van der Waals surface area contributed by atoms with Gasteiger partial charge in [0.2, 0.25) is 0 Å². The topological polar surface area (TPSA) is 40.5 Å². The maximum Gasteiger partial charge on any atom is 0.298 e. The fourth-order valence-electron chi connectivity index (χ4n) is 1.55. The number of β-amino-alcohol motifs (C(OH)–C–C–N with tert-alkyl or cyclic N) is 1. The standard InChI is InChI=1S/C10H15NO2/c1-3-4-10(13)11-7-9(12)6-5-8(11)2/h8-9,12H,5-7H2,1-2H3/t8-,9-/m0/s1. The minimum atomic E-state index is -0.376. The molecule has 0 unspecified atom stereocenters. The Morgan fingerprint density at radius 3 is 2.85 bits per heavy atom. The lowest BCUT2D eigenvalue weighted by atomic mass is 10.0. The van der Waals surface area contributed by atoms with Crippen LogP contribution in [0, 0.1) is 11.8 Å². The summed E-state index contributed by atoms with van der Waals surface area (Å²) in [5.41, 5.74) is 0. The zero-order valence-electron chi connectivity index (χ0n) is 8.08. The highest BCUT2D eigenvalue weighted by atomic mass is 16.3. The molecule has 2 atom stereocenters. The summed E-state index contributed by atoms with van der Waals surface area (Å²) in [6.45, 7) is 4.05. The highest BCUT2D eigenvalue weighted by molar-refractivity contribution is 5.93. The SMILES string of the molecule is CC#CC(=O)N1C[C@@H](O)CC[C@@H]1C. The van der Waals surface area contributed by atoms with Gasteiger partial charge in [0, 0.05) is 12.6 Å². The number of carbonyl (C=O) groups excluding carboxylic acids is 1. The lowest BCUT2D eigenvalue weighted by Gasteiger charge is -2.34. The summed E-state index contributed by atoms with van der Waals surface area (Å²) in [5, 5.41) is 9.37. The van der Waals surface area contributed by atoms with Crippen LogP contribution in [0.4, 0.5) is 0 Å². The van der Waals surface area contributed by atoms with E-state index in [0.29, 0.717) is 6.54 Å². The van der Waals surface area contributed by atoms with Crippen molar-refractivity contribution in [2.24, 2.45) is 0 Å². The van der Waals surface area contributed by atoms with Crippen molar-refractivity contribution >= 4 is 5.91 Å². The van der Waals surface area contributed by atoms with E-state index < -0.39 is 0 Å². The van der Waals surface area contributed by atoms with Crippen molar-refractivity contribution in [3.63, 3.8) is 0 Å². The molecule has 13 heavy (non-hydrogen) atoms. The molecule has 0 aromatic heterocycles. The van der Waals surface area contributed by atoms with Crippen LogP contribution in [0.3, 0.4) is 0 Å². The molecule has 72 valence electrons. The molecule has 0 aliphatic carbocycles. The number of aliphatic hydroxyl groups is 1. The second-order valence-electron chi connectivity index (χ2n) is 3.41. The van der Waals surface area contributed by atoms with Gasteiger partial charge in [0.05, 0.1) is 6.10 Å². The predicted octanol–water partition coefficient (Wildman–Crippen LogP) is 0.381. The van der Waals surface area contributed by atoms with Crippen LogP contribution in [0.2, 0.25) is 0 Å². The Morgan fingerprint density at radius 2 is 2.23 bits per heavy atom. The van der Waals surface area contributed by atoms with E-state index >= 15 is 0 Å². The third kappa shape index (κ3) is 2.46. The van der Waals surface area contributed by atoms with E-state index in [4.69, 9.17) is 0 Å². The number of hydrogen-bond acceptors (Lipinski definition) is 2. The van der Waals surface area contributed by atoms with Crippen molar-refractivity contribution in [2.45, 2.75) is 38.8 Å². The Hall–Kier alpha value is -1.01. The van der Waals surface area contributed by atoms with Gasteiger partial charge in [0.25, 0.3) is 5.91 Å². The van der Waals surface area contributed by atoms with E-state index in [9.17, 15) is 9.90 Å². The molecule has 1 aliphatic heterocycles. The number of nitrogens with zero attached hydrogens (tertiary/aromatic N) is 1. The smallest absolute Gasteiger partial charge is 0.298 e. The molecule has 1 saturated heterocycles. The Morgan fingerprint density at radius 1 is 1.54 bits per heavy atom. The Labute approximate surface area is 78.7 Å². The van der Waals surface area contributed by atoms with Crippen LogP contribution in [-0.4, -0.2) is 34.6 Å². The molecule has 1 fully saturated rings. The molecule has 3 nitrogen and oxygen atoms in total. The van der Waals surface area contributed by atoms with E-state index in [1.165, 1.54) is 0 Å². The monoisotopic (exact) mass is 181 g/mol. The van der Waals surface area contributed by atoms with Gasteiger partial charge in [-0.1, -0.05) is 5.92 Å². The van der Waals surface area contributed by atoms with Crippen LogP contribution in [0.5, 0.6) is 0 Å². The van der Waals surface area contributed by atoms with Crippen molar-refractivity contribution in [2.75, 3.05) is 6.54 Å². The number of rotatable bonds is 0. The number of piperidine rings is 1. The Kier molecular flexibility index (Phi) is 3.32. The summed E-state index contributed by atoms with van der Waals surface area (Å²) in [7, 11) is 0. The largest absolute Gasteiger partial charge is 0.391 e. The van der Waals surface area contributed by atoms with E-state index in [0.717, 1.165) is 12.8 Å². The Balaban J connectivity index is 2.63.